The molecule has 1 aliphatic heterocycles. The first kappa shape index (κ1) is 26.7. The van der Waals surface area contributed by atoms with E-state index in [1.807, 2.05) is 6.08 Å². The van der Waals surface area contributed by atoms with E-state index in [1.165, 1.54) is 18.3 Å². The topological polar surface area (TPSA) is 118 Å². The third kappa shape index (κ3) is 6.91. The van der Waals surface area contributed by atoms with Gasteiger partial charge >= 0.3 is 0 Å². The molecule has 2 aliphatic rings. The molecular formula is C26H32ClN3O5S. The summed E-state index contributed by atoms with van der Waals surface area (Å²) in [6.07, 6.45) is 12.8. The molecule has 0 atom stereocenters. The lowest BCUT2D eigenvalue weighted by atomic mass is 9.89. The van der Waals surface area contributed by atoms with Crippen molar-refractivity contribution in [3.05, 3.63) is 52.9 Å². The molecule has 1 saturated heterocycles. The minimum absolute atomic E-state index is 0.0282. The quantitative estimate of drug-likeness (QED) is 0.487. The third-order valence-electron chi connectivity index (χ3n) is 6.91. The predicted octanol–water partition coefficient (Wildman–Crippen LogP) is 4.22. The average molecular weight is 534 g/mol. The van der Waals surface area contributed by atoms with Crippen LogP contribution < -0.4 is 5.32 Å². The zero-order chi connectivity index (χ0) is 25.8. The molecule has 2 N–H and O–H groups in total. The number of halogens is 1. The number of hydrogen-bond acceptors (Lipinski definition) is 7. The van der Waals surface area contributed by atoms with Crippen LogP contribution in [0.1, 0.15) is 56.2 Å². The molecule has 0 spiro atoms. The van der Waals surface area contributed by atoms with Gasteiger partial charge in [-0.3, -0.25) is 9.78 Å². The second-order valence-corrected chi connectivity index (χ2v) is 12.1. The summed E-state index contributed by atoms with van der Waals surface area (Å²) in [7, 11) is -3.48. The summed E-state index contributed by atoms with van der Waals surface area (Å²) < 4.78 is 29.2. The monoisotopic (exact) mass is 533 g/mol. The Balaban J connectivity index is 1.48. The molecule has 194 valence electrons. The molecule has 0 radical (unpaired) electrons. The summed E-state index contributed by atoms with van der Waals surface area (Å²) in [5.74, 6) is 0.219. The van der Waals surface area contributed by atoms with Crippen LogP contribution in [0, 0.1) is 5.92 Å². The maximum Gasteiger partial charge on any atom is 0.257 e. The molecule has 2 aromatic rings. The molecule has 1 aromatic heterocycles. The van der Waals surface area contributed by atoms with Crippen LogP contribution in [0.25, 0.3) is 5.57 Å². The number of sulfone groups is 1. The van der Waals surface area contributed by atoms with Crippen LogP contribution in [0.3, 0.4) is 0 Å². The number of nitrogens with zero attached hydrogens (tertiary/aromatic N) is 2. The Hall–Kier alpha value is -2.33. The molecule has 0 unspecified atom stereocenters. The highest BCUT2D eigenvalue weighted by Gasteiger charge is 2.29. The number of rotatable bonds is 8. The summed E-state index contributed by atoms with van der Waals surface area (Å²) in [5, 5.41) is 13.5. The van der Waals surface area contributed by atoms with Gasteiger partial charge in [0.1, 0.15) is 0 Å². The highest BCUT2D eigenvalue weighted by Crippen LogP contribution is 2.32. The Morgan fingerprint density at radius 2 is 1.94 bits per heavy atom. The molecule has 0 bridgehead atoms. The molecule has 2 fully saturated rings. The summed E-state index contributed by atoms with van der Waals surface area (Å²) >= 11 is 6.27. The molecule has 36 heavy (non-hydrogen) atoms. The van der Waals surface area contributed by atoms with E-state index in [1.54, 1.807) is 12.3 Å². The van der Waals surface area contributed by atoms with Crippen LogP contribution in [0.2, 0.25) is 5.02 Å². The normalized spacial score (nSPS) is 18.8. The van der Waals surface area contributed by atoms with Gasteiger partial charge < -0.3 is 15.2 Å². The van der Waals surface area contributed by atoms with Gasteiger partial charge in [0.05, 0.1) is 33.6 Å². The molecular weight excluding hydrogens is 502 g/mol. The number of aromatic nitrogens is 2. The third-order valence-corrected chi connectivity index (χ3v) is 8.49. The Morgan fingerprint density at radius 1 is 1.22 bits per heavy atom. The van der Waals surface area contributed by atoms with Gasteiger partial charge in [-0.2, -0.15) is 0 Å². The Morgan fingerprint density at radius 3 is 2.56 bits per heavy atom. The van der Waals surface area contributed by atoms with Gasteiger partial charge in [-0.1, -0.05) is 36.6 Å². The van der Waals surface area contributed by atoms with Crippen molar-refractivity contribution < 1.29 is 23.1 Å². The van der Waals surface area contributed by atoms with Gasteiger partial charge in [0.15, 0.2) is 15.7 Å². The fourth-order valence-electron chi connectivity index (χ4n) is 4.73. The second-order valence-electron chi connectivity index (χ2n) is 9.73. The smallest absolute Gasteiger partial charge is 0.257 e. The van der Waals surface area contributed by atoms with Gasteiger partial charge in [-0.15, -0.1) is 0 Å². The van der Waals surface area contributed by atoms with Crippen molar-refractivity contribution in [1.82, 2.24) is 9.97 Å². The zero-order valence-corrected chi connectivity index (χ0v) is 21.9. The van der Waals surface area contributed by atoms with Crippen molar-refractivity contribution in [2.45, 2.75) is 61.9 Å². The fourth-order valence-corrected chi connectivity index (χ4v) is 6.06. The van der Waals surface area contributed by atoms with Gasteiger partial charge in [0, 0.05) is 25.0 Å². The van der Waals surface area contributed by atoms with Crippen LogP contribution in [0.5, 0.6) is 0 Å². The number of aryl methyl sites for hydroxylation is 1. The van der Waals surface area contributed by atoms with Crippen molar-refractivity contribution in [2.24, 2.45) is 5.92 Å². The summed E-state index contributed by atoms with van der Waals surface area (Å²) in [4.78, 5) is 22.1. The number of hydrogen-bond donors (Lipinski definition) is 2. The minimum atomic E-state index is -3.48. The van der Waals surface area contributed by atoms with E-state index in [2.05, 4.69) is 15.3 Å². The van der Waals surface area contributed by atoms with E-state index in [-0.39, 0.29) is 21.7 Å². The maximum atomic E-state index is 13.3. The molecule has 8 nitrogen and oxygen atoms in total. The van der Waals surface area contributed by atoms with Crippen molar-refractivity contribution in [3.63, 3.8) is 0 Å². The number of carbonyl (C=O) groups is 1. The first-order chi connectivity index (χ1) is 17.1. The van der Waals surface area contributed by atoms with E-state index < -0.39 is 15.4 Å². The van der Waals surface area contributed by atoms with Gasteiger partial charge in [0.2, 0.25) is 0 Å². The summed E-state index contributed by atoms with van der Waals surface area (Å²) in [5.41, 5.74) is 0.973. The largest absolute Gasteiger partial charge is 0.390 e. The number of benzene rings is 1. The second kappa shape index (κ2) is 11.4. The lowest BCUT2D eigenvalue weighted by Gasteiger charge is -2.31. The van der Waals surface area contributed by atoms with Crippen LogP contribution in [0.15, 0.2) is 41.6 Å². The maximum absolute atomic E-state index is 13.3. The number of ether oxygens (including phenoxy) is 1. The van der Waals surface area contributed by atoms with Gasteiger partial charge in [0.25, 0.3) is 5.91 Å². The lowest BCUT2D eigenvalue weighted by molar-refractivity contribution is -0.111. The van der Waals surface area contributed by atoms with Crippen LogP contribution in [0.4, 0.5) is 5.82 Å². The highest BCUT2D eigenvalue weighted by molar-refractivity contribution is 7.90. The van der Waals surface area contributed by atoms with E-state index >= 15 is 0 Å². The molecule has 4 rings (SSSR count). The van der Waals surface area contributed by atoms with E-state index in [9.17, 15) is 18.3 Å². The minimum Gasteiger partial charge on any atom is -0.390 e. The first-order valence-corrected chi connectivity index (χ1v) is 14.5. The van der Waals surface area contributed by atoms with Crippen molar-refractivity contribution in [2.75, 3.05) is 24.8 Å². The van der Waals surface area contributed by atoms with Crippen molar-refractivity contribution in [1.29, 1.82) is 0 Å². The molecule has 1 aromatic carbocycles. The van der Waals surface area contributed by atoms with Crippen LogP contribution >= 0.6 is 11.6 Å². The molecule has 10 heteroatoms. The Labute approximate surface area is 217 Å². The Bertz CT molecular complexity index is 1220. The average Bonchev–Trinajstić information content (AvgIpc) is 3.35. The fraction of sp³-hybridized carbons (Fsp3) is 0.500. The number of carbonyl (C=O) groups excluding carboxylic acids is 1. The zero-order valence-electron chi connectivity index (χ0n) is 20.4. The highest BCUT2D eigenvalue weighted by atomic mass is 35.5. The number of nitrogens with one attached hydrogen (secondary N) is 1. The number of amides is 1. The van der Waals surface area contributed by atoms with E-state index in [4.69, 9.17) is 16.3 Å². The van der Waals surface area contributed by atoms with E-state index in [0.29, 0.717) is 55.9 Å². The molecule has 1 amide bonds. The van der Waals surface area contributed by atoms with Crippen molar-refractivity contribution >= 4 is 38.7 Å². The molecule has 2 heterocycles. The van der Waals surface area contributed by atoms with Crippen LogP contribution in [-0.2, 0) is 25.8 Å². The molecule has 1 saturated carbocycles. The van der Waals surface area contributed by atoms with E-state index in [0.717, 1.165) is 37.6 Å². The summed E-state index contributed by atoms with van der Waals surface area (Å²) in [6.45, 7) is 1.12. The predicted molar refractivity (Wildman–Crippen MR) is 138 cm³/mol. The lowest BCUT2D eigenvalue weighted by Crippen LogP contribution is -2.36. The van der Waals surface area contributed by atoms with Crippen molar-refractivity contribution in [3.8, 4) is 0 Å². The van der Waals surface area contributed by atoms with Crippen LogP contribution in [-0.4, -0.2) is 54.5 Å². The first-order valence-electron chi connectivity index (χ1n) is 12.3. The Kier molecular flexibility index (Phi) is 8.44. The number of allylic oxidation sites excluding steroid dienone is 1. The molecule has 1 aliphatic carbocycles. The number of anilines is 1. The summed E-state index contributed by atoms with van der Waals surface area (Å²) in [6, 6.07) is 4.57. The van der Waals surface area contributed by atoms with Gasteiger partial charge in [-0.25, -0.2) is 13.4 Å². The number of aliphatic hydroxyl groups is 1. The SMILES string of the molecule is CS(=O)(=O)c1ccc(/C(=C\C2CCCC2)C(=O)Nc2cnc(CCC3(O)CCOCC3)cn2)cc1Cl. The standard InChI is InChI=1S/C26H32ClN3O5S/c1-36(33,34)23-7-6-19(15-22(23)27)21(14-18-4-2-3-5-18)25(31)30-24-17-28-20(16-29-24)8-9-26(32)10-12-35-13-11-26/h6-7,14-18,32H,2-5,8-13H2,1H3,(H,29,30,31)/b21-14+. The van der Waals surface area contributed by atoms with Gasteiger partial charge in [-0.05, 0) is 62.1 Å².